The second-order valence-corrected chi connectivity index (χ2v) is 6.03. The van der Waals surface area contributed by atoms with Gasteiger partial charge in [-0.05, 0) is 24.1 Å². The summed E-state index contributed by atoms with van der Waals surface area (Å²) in [4.78, 5) is 48.8. The van der Waals surface area contributed by atoms with Crippen LogP contribution in [0.4, 0.5) is 0 Å². The Morgan fingerprint density at radius 2 is 2.12 bits per heavy atom. The molecule has 8 nitrogen and oxygen atoms in total. The van der Waals surface area contributed by atoms with E-state index in [1.165, 1.54) is 21.7 Å². The summed E-state index contributed by atoms with van der Waals surface area (Å²) in [6.07, 6.45) is 5.48. The van der Waals surface area contributed by atoms with Crippen LogP contribution in [0.25, 0.3) is 11.0 Å². The van der Waals surface area contributed by atoms with E-state index in [1.54, 1.807) is 25.5 Å². The van der Waals surface area contributed by atoms with Gasteiger partial charge in [0, 0.05) is 38.7 Å². The summed E-state index contributed by atoms with van der Waals surface area (Å²) >= 11 is 0. The number of nitrogens with one attached hydrogen (secondary N) is 1. The third-order valence-electron chi connectivity index (χ3n) is 4.02. The minimum atomic E-state index is -0.547. The quantitative estimate of drug-likeness (QED) is 0.742. The van der Waals surface area contributed by atoms with Gasteiger partial charge in [-0.1, -0.05) is 13.0 Å². The maximum atomic E-state index is 12.7. The van der Waals surface area contributed by atoms with E-state index in [4.69, 9.17) is 0 Å². The number of H-pyrrole nitrogens is 1. The standard InChI is InChI=1S/C18H19N5O3/c1-3-7-23-15-14(16(24)21-18(23)26)8-13(10-20-15)17(25)22(2)11-12-5-4-6-19-9-12/h4-6,8-10H,3,7,11H2,1-2H3,(H,21,24,26). The number of aromatic amines is 1. The summed E-state index contributed by atoms with van der Waals surface area (Å²) in [6.45, 7) is 2.75. The lowest BCUT2D eigenvalue weighted by atomic mass is 10.2. The van der Waals surface area contributed by atoms with Gasteiger partial charge in [0.05, 0.1) is 10.9 Å². The molecule has 0 aromatic carbocycles. The molecule has 0 aliphatic carbocycles. The molecular weight excluding hydrogens is 334 g/mol. The first-order valence-corrected chi connectivity index (χ1v) is 8.28. The van der Waals surface area contributed by atoms with Crippen LogP contribution in [-0.4, -0.2) is 37.4 Å². The first-order valence-electron chi connectivity index (χ1n) is 8.28. The van der Waals surface area contributed by atoms with Crippen LogP contribution in [0.1, 0.15) is 29.3 Å². The molecular formula is C18H19N5O3. The van der Waals surface area contributed by atoms with Crippen molar-refractivity contribution in [3.63, 3.8) is 0 Å². The van der Waals surface area contributed by atoms with Crippen LogP contribution >= 0.6 is 0 Å². The molecule has 0 atom stereocenters. The molecule has 0 aliphatic heterocycles. The average molecular weight is 353 g/mol. The molecule has 3 rings (SSSR count). The van der Waals surface area contributed by atoms with E-state index in [-0.39, 0.29) is 22.5 Å². The van der Waals surface area contributed by atoms with Crippen LogP contribution in [-0.2, 0) is 13.1 Å². The largest absolute Gasteiger partial charge is 0.337 e. The Hall–Kier alpha value is -3.29. The molecule has 0 radical (unpaired) electrons. The minimum absolute atomic E-state index is 0.221. The van der Waals surface area contributed by atoms with Crippen molar-refractivity contribution in [3.8, 4) is 0 Å². The SMILES string of the molecule is CCCn1c(=O)[nH]c(=O)c2cc(C(=O)N(C)Cc3cccnc3)cnc21. The summed E-state index contributed by atoms with van der Waals surface area (Å²) < 4.78 is 1.41. The van der Waals surface area contributed by atoms with E-state index < -0.39 is 11.2 Å². The molecule has 1 amide bonds. The van der Waals surface area contributed by atoms with Gasteiger partial charge in [-0.2, -0.15) is 0 Å². The van der Waals surface area contributed by atoms with E-state index in [2.05, 4.69) is 15.0 Å². The minimum Gasteiger partial charge on any atom is -0.337 e. The van der Waals surface area contributed by atoms with Gasteiger partial charge in [-0.15, -0.1) is 0 Å². The zero-order chi connectivity index (χ0) is 18.7. The number of hydrogen-bond donors (Lipinski definition) is 1. The highest BCUT2D eigenvalue weighted by Gasteiger charge is 2.16. The number of carbonyl (C=O) groups excluding carboxylic acids is 1. The van der Waals surface area contributed by atoms with E-state index in [0.717, 1.165) is 12.0 Å². The molecule has 0 aliphatic rings. The fraction of sp³-hybridized carbons (Fsp3) is 0.278. The number of rotatable bonds is 5. The van der Waals surface area contributed by atoms with E-state index >= 15 is 0 Å². The number of nitrogens with zero attached hydrogens (tertiary/aromatic N) is 4. The molecule has 8 heteroatoms. The summed E-state index contributed by atoms with van der Waals surface area (Å²) in [7, 11) is 1.67. The molecule has 26 heavy (non-hydrogen) atoms. The van der Waals surface area contributed by atoms with Crippen LogP contribution in [0, 0.1) is 0 Å². The molecule has 1 N–H and O–H groups in total. The zero-order valence-electron chi connectivity index (χ0n) is 14.6. The molecule has 3 aromatic heterocycles. The highest BCUT2D eigenvalue weighted by atomic mass is 16.2. The van der Waals surface area contributed by atoms with Crippen molar-refractivity contribution >= 4 is 16.9 Å². The Balaban J connectivity index is 1.97. The third kappa shape index (κ3) is 3.39. The molecule has 0 unspecified atom stereocenters. The molecule has 3 heterocycles. The Labute approximate surface area is 149 Å². The summed E-state index contributed by atoms with van der Waals surface area (Å²) in [5.74, 6) is -0.268. The number of aryl methyl sites for hydroxylation is 1. The van der Waals surface area contributed by atoms with Crippen molar-refractivity contribution < 1.29 is 4.79 Å². The van der Waals surface area contributed by atoms with Crippen LogP contribution in [0.15, 0.2) is 46.4 Å². The van der Waals surface area contributed by atoms with Gasteiger partial charge in [-0.3, -0.25) is 24.1 Å². The number of hydrogen-bond acceptors (Lipinski definition) is 5. The van der Waals surface area contributed by atoms with E-state index in [9.17, 15) is 14.4 Å². The van der Waals surface area contributed by atoms with Crippen molar-refractivity contribution in [2.75, 3.05) is 7.05 Å². The topological polar surface area (TPSA) is 101 Å². The summed E-state index contributed by atoms with van der Waals surface area (Å²) in [5, 5.41) is 0.221. The molecule has 0 fully saturated rings. The third-order valence-corrected chi connectivity index (χ3v) is 4.02. The molecule has 0 saturated carbocycles. The molecule has 0 bridgehead atoms. The van der Waals surface area contributed by atoms with Gasteiger partial charge in [0.2, 0.25) is 0 Å². The van der Waals surface area contributed by atoms with Crippen LogP contribution in [0.5, 0.6) is 0 Å². The molecule has 3 aromatic rings. The maximum Gasteiger partial charge on any atom is 0.329 e. The van der Waals surface area contributed by atoms with Crippen LogP contribution in [0.2, 0.25) is 0 Å². The second-order valence-electron chi connectivity index (χ2n) is 6.03. The summed E-state index contributed by atoms with van der Waals surface area (Å²) in [6, 6.07) is 5.16. The van der Waals surface area contributed by atoms with Gasteiger partial charge in [-0.25, -0.2) is 9.78 Å². The molecule has 0 saturated heterocycles. The average Bonchev–Trinajstić information content (AvgIpc) is 2.65. The Morgan fingerprint density at radius 3 is 2.81 bits per heavy atom. The fourth-order valence-corrected chi connectivity index (χ4v) is 2.77. The van der Waals surface area contributed by atoms with Crippen molar-refractivity contribution in [3.05, 3.63) is 68.8 Å². The number of aromatic nitrogens is 4. The van der Waals surface area contributed by atoms with E-state index in [0.29, 0.717) is 13.1 Å². The van der Waals surface area contributed by atoms with Crippen molar-refractivity contribution in [1.29, 1.82) is 0 Å². The Kier molecular flexibility index (Phi) is 4.92. The number of carbonyl (C=O) groups is 1. The smallest absolute Gasteiger partial charge is 0.329 e. The second kappa shape index (κ2) is 7.30. The number of amides is 1. The van der Waals surface area contributed by atoms with Crippen molar-refractivity contribution in [2.45, 2.75) is 26.4 Å². The van der Waals surface area contributed by atoms with Crippen molar-refractivity contribution in [1.82, 2.24) is 24.4 Å². The normalized spacial score (nSPS) is 10.8. The lowest BCUT2D eigenvalue weighted by Gasteiger charge is -2.17. The number of fused-ring (bicyclic) bond motifs is 1. The monoisotopic (exact) mass is 353 g/mol. The predicted molar refractivity (Wildman–Crippen MR) is 96.9 cm³/mol. The highest BCUT2D eigenvalue weighted by molar-refractivity contribution is 5.96. The lowest BCUT2D eigenvalue weighted by molar-refractivity contribution is 0.0785. The Bertz CT molecular complexity index is 1060. The van der Waals surface area contributed by atoms with Crippen LogP contribution in [0.3, 0.4) is 0 Å². The van der Waals surface area contributed by atoms with Gasteiger partial charge in [0.1, 0.15) is 5.65 Å². The molecule has 134 valence electrons. The zero-order valence-corrected chi connectivity index (χ0v) is 14.6. The van der Waals surface area contributed by atoms with Gasteiger partial charge in [0.15, 0.2) is 0 Å². The highest BCUT2D eigenvalue weighted by Crippen LogP contribution is 2.12. The van der Waals surface area contributed by atoms with E-state index in [1.807, 2.05) is 13.0 Å². The van der Waals surface area contributed by atoms with Gasteiger partial charge < -0.3 is 4.90 Å². The first kappa shape index (κ1) is 17.5. The first-order chi connectivity index (χ1) is 12.5. The Morgan fingerprint density at radius 1 is 1.31 bits per heavy atom. The summed E-state index contributed by atoms with van der Waals surface area (Å²) in [5.41, 5.74) is 0.425. The number of pyridine rings is 2. The molecule has 0 spiro atoms. The van der Waals surface area contributed by atoms with Crippen LogP contribution < -0.4 is 11.2 Å². The fourth-order valence-electron chi connectivity index (χ4n) is 2.77. The lowest BCUT2D eigenvalue weighted by Crippen LogP contribution is -2.31. The maximum absolute atomic E-state index is 12.7. The van der Waals surface area contributed by atoms with Gasteiger partial charge in [0.25, 0.3) is 11.5 Å². The van der Waals surface area contributed by atoms with Crippen molar-refractivity contribution in [2.24, 2.45) is 0 Å². The van der Waals surface area contributed by atoms with Gasteiger partial charge >= 0.3 is 5.69 Å². The predicted octanol–water partition coefficient (Wildman–Crippen LogP) is 1.16.